The molecule has 1 aliphatic rings. The average molecular weight is 178 g/mol. The number of nitrogens with zero attached hydrogens (tertiary/aromatic N) is 1. The zero-order valence-electron chi connectivity index (χ0n) is 7.09. The Bertz CT molecular complexity index is 320. The van der Waals surface area contributed by atoms with Crippen molar-refractivity contribution < 1.29 is 9.18 Å². The first-order valence-electron chi connectivity index (χ1n) is 4.25. The number of carbonyl (C=O) groups excluding carboxylic acids is 1. The zero-order valence-corrected chi connectivity index (χ0v) is 7.09. The van der Waals surface area contributed by atoms with Crippen LogP contribution in [0.25, 0.3) is 0 Å². The van der Waals surface area contributed by atoms with Gasteiger partial charge < -0.3 is 4.90 Å². The van der Waals surface area contributed by atoms with Gasteiger partial charge >= 0.3 is 0 Å². The summed E-state index contributed by atoms with van der Waals surface area (Å²) in [5, 5.41) is 0. The minimum Gasteiger partial charge on any atom is -0.312 e. The van der Waals surface area contributed by atoms with Crippen molar-refractivity contribution in [1.29, 1.82) is 0 Å². The molecule has 0 bridgehead atoms. The largest absolute Gasteiger partial charge is 0.312 e. The fourth-order valence-electron chi connectivity index (χ4n) is 1.49. The quantitative estimate of drug-likeness (QED) is 0.641. The van der Waals surface area contributed by atoms with Crippen molar-refractivity contribution in [1.82, 2.24) is 0 Å². The predicted molar refractivity (Wildman–Crippen MR) is 46.8 cm³/mol. The first-order valence-corrected chi connectivity index (χ1v) is 4.25. The molecular formula is C10H9FNO. The molecule has 1 fully saturated rings. The fourth-order valence-corrected chi connectivity index (χ4v) is 1.49. The number of anilines is 1. The number of carbonyl (C=O) groups is 1. The van der Waals surface area contributed by atoms with Crippen LogP contribution in [0.3, 0.4) is 0 Å². The van der Waals surface area contributed by atoms with E-state index in [4.69, 9.17) is 0 Å². The number of rotatable bonds is 1. The molecule has 3 heteroatoms. The van der Waals surface area contributed by atoms with E-state index in [1.54, 1.807) is 11.0 Å². The van der Waals surface area contributed by atoms with E-state index in [0.717, 1.165) is 18.7 Å². The molecule has 0 unspecified atom stereocenters. The van der Waals surface area contributed by atoms with E-state index >= 15 is 0 Å². The highest BCUT2D eigenvalue weighted by Crippen LogP contribution is 2.20. The molecule has 13 heavy (non-hydrogen) atoms. The number of hydrogen-bond acceptors (Lipinski definition) is 1. The molecule has 0 spiro atoms. The maximum Gasteiger partial charge on any atom is 0.227 e. The molecular weight excluding hydrogens is 169 g/mol. The fraction of sp³-hybridized carbons (Fsp3) is 0.300. The SMILES string of the molecule is O=C1CCCN1c1c[c]c(F)cc1. The van der Waals surface area contributed by atoms with E-state index in [2.05, 4.69) is 6.07 Å². The van der Waals surface area contributed by atoms with Crippen molar-refractivity contribution in [2.45, 2.75) is 12.8 Å². The Morgan fingerprint density at radius 1 is 1.46 bits per heavy atom. The van der Waals surface area contributed by atoms with Gasteiger partial charge in [-0.3, -0.25) is 4.79 Å². The minimum absolute atomic E-state index is 0.111. The smallest absolute Gasteiger partial charge is 0.227 e. The number of amides is 1. The number of hydrogen-bond donors (Lipinski definition) is 0. The van der Waals surface area contributed by atoms with E-state index in [1.807, 2.05) is 0 Å². The Kier molecular flexibility index (Phi) is 2.00. The molecule has 2 nitrogen and oxygen atoms in total. The van der Waals surface area contributed by atoms with Crippen LogP contribution in [0.4, 0.5) is 10.1 Å². The van der Waals surface area contributed by atoms with E-state index in [0.29, 0.717) is 6.42 Å². The Hall–Kier alpha value is -1.38. The van der Waals surface area contributed by atoms with Gasteiger partial charge in [0, 0.05) is 24.7 Å². The van der Waals surface area contributed by atoms with E-state index in [1.165, 1.54) is 12.1 Å². The molecule has 2 rings (SSSR count). The summed E-state index contributed by atoms with van der Waals surface area (Å²) in [4.78, 5) is 12.9. The molecule has 0 saturated carbocycles. The number of halogens is 1. The Morgan fingerprint density at radius 3 is 2.85 bits per heavy atom. The topological polar surface area (TPSA) is 20.3 Å². The van der Waals surface area contributed by atoms with Gasteiger partial charge in [0.1, 0.15) is 5.82 Å². The maximum atomic E-state index is 12.5. The van der Waals surface area contributed by atoms with Crippen molar-refractivity contribution in [3.63, 3.8) is 0 Å². The third kappa shape index (κ3) is 1.54. The van der Waals surface area contributed by atoms with Crippen molar-refractivity contribution in [2.24, 2.45) is 0 Å². The van der Waals surface area contributed by atoms with Gasteiger partial charge in [-0.2, -0.15) is 0 Å². The molecule has 0 aliphatic carbocycles. The zero-order chi connectivity index (χ0) is 9.26. The monoisotopic (exact) mass is 178 g/mol. The lowest BCUT2D eigenvalue weighted by molar-refractivity contribution is -0.117. The summed E-state index contributed by atoms with van der Waals surface area (Å²) in [7, 11) is 0. The summed E-state index contributed by atoms with van der Waals surface area (Å²) < 4.78 is 12.5. The van der Waals surface area contributed by atoms with Gasteiger partial charge in [0.2, 0.25) is 5.91 Å². The van der Waals surface area contributed by atoms with Crippen LogP contribution in [0.2, 0.25) is 0 Å². The van der Waals surface area contributed by atoms with Crippen LogP contribution >= 0.6 is 0 Å². The van der Waals surface area contributed by atoms with Gasteiger partial charge in [-0.15, -0.1) is 0 Å². The lowest BCUT2D eigenvalue weighted by atomic mass is 10.3. The van der Waals surface area contributed by atoms with Crippen molar-refractivity contribution in [2.75, 3.05) is 11.4 Å². The van der Waals surface area contributed by atoms with E-state index in [-0.39, 0.29) is 5.91 Å². The van der Waals surface area contributed by atoms with Crippen LogP contribution in [0, 0.1) is 11.9 Å². The molecule has 1 aliphatic heterocycles. The second kappa shape index (κ2) is 3.17. The molecule has 1 aromatic carbocycles. The van der Waals surface area contributed by atoms with Gasteiger partial charge in [-0.1, -0.05) is 0 Å². The highest BCUT2D eigenvalue weighted by atomic mass is 19.1. The molecule has 1 amide bonds. The summed E-state index contributed by atoms with van der Waals surface area (Å²) in [5.41, 5.74) is 0.740. The van der Waals surface area contributed by atoms with Crippen LogP contribution in [0.1, 0.15) is 12.8 Å². The van der Waals surface area contributed by atoms with Crippen molar-refractivity contribution in [3.8, 4) is 0 Å². The van der Waals surface area contributed by atoms with Crippen LogP contribution < -0.4 is 4.90 Å². The molecule has 67 valence electrons. The van der Waals surface area contributed by atoms with Crippen LogP contribution in [0.15, 0.2) is 18.2 Å². The molecule has 0 atom stereocenters. The van der Waals surface area contributed by atoms with Gasteiger partial charge in [-0.25, -0.2) is 4.39 Å². The summed E-state index contributed by atoms with van der Waals surface area (Å²) in [5.74, 6) is -0.282. The van der Waals surface area contributed by atoms with Gasteiger partial charge in [0.25, 0.3) is 0 Å². The third-order valence-corrected chi connectivity index (χ3v) is 2.14. The Morgan fingerprint density at radius 2 is 2.31 bits per heavy atom. The van der Waals surface area contributed by atoms with Crippen LogP contribution in [0.5, 0.6) is 0 Å². The molecule has 0 N–H and O–H groups in total. The molecule has 0 aromatic heterocycles. The van der Waals surface area contributed by atoms with E-state index < -0.39 is 5.82 Å². The lowest BCUT2D eigenvalue weighted by Crippen LogP contribution is -2.23. The van der Waals surface area contributed by atoms with Gasteiger partial charge in [0.15, 0.2) is 0 Å². The molecule has 1 heterocycles. The molecule has 1 aromatic rings. The predicted octanol–water partition coefficient (Wildman–Crippen LogP) is 1.75. The Balaban J connectivity index is 2.25. The summed E-state index contributed by atoms with van der Waals surface area (Å²) in [6, 6.07) is 6.88. The summed E-state index contributed by atoms with van der Waals surface area (Å²) >= 11 is 0. The van der Waals surface area contributed by atoms with Gasteiger partial charge in [0.05, 0.1) is 0 Å². The normalized spacial score (nSPS) is 16.7. The van der Waals surface area contributed by atoms with Crippen molar-refractivity contribution >= 4 is 11.6 Å². The highest BCUT2D eigenvalue weighted by molar-refractivity contribution is 5.95. The minimum atomic E-state index is -0.393. The highest BCUT2D eigenvalue weighted by Gasteiger charge is 2.21. The van der Waals surface area contributed by atoms with Gasteiger partial charge in [-0.05, 0) is 24.6 Å². The number of benzene rings is 1. The summed E-state index contributed by atoms with van der Waals surface area (Å²) in [6.07, 6.45) is 1.48. The molecule has 1 saturated heterocycles. The van der Waals surface area contributed by atoms with Crippen LogP contribution in [-0.4, -0.2) is 12.5 Å². The van der Waals surface area contributed by atoms with E-state index in [9.17, 15) is 9.18 Å². The standard InChI is InChI=1S/C10H9FNO/c11-8-3-5-9(6-4-8)12-7-1-2-10(12)13/h3,5-6H,1-2,7H2. The first kappa shape index (κ1) is 8.23. The first-order chi connectivity index (χ1) is 6.27. The van der Waals surface area contributed by atoms with Crippen LogP contribution in [-0.2, 0) is 4.79 Å². The lowest BCUT2D eigenvalue weighted by Gasteiger charge is -2.14. The third-order valence-electron chi connectivity index (χ3n) is 2.14. The summed E-state index contributed by atoms with van der Waals surface area (Å²) in [6.45, 7) is 0.734. The maximum absolute atomic E-state index is 12.5. The second-order valence-electron chi connectivity index (χ2n) is 3.04. The van der Waals surface area contributed by atoms with Crippen molar-refractivity contribution in [3.05, 3.63) is 30.1 Å². The average Bonchev–Trinajstić information content (AvgIpc) is 2.53. The Labute approximate surface area is 76.0 Å². The molecule has 1 radical (unpaired) electrons. The second-order valence-corrected chi connectivity index (χ2v) is 3.04.